The lowest BCUT2D eigenvalue weighted by atomic mass is 10.1. The number of hydrogen-bond donors (Lipinski definition) is 3. The fraction of sp³-hybridized carbons (Fsp3) is 1.00. The molecule has 0 aliphatic heterocycles. The highest BCUT2D eigenvalue weighted by Crippen LogP contribution is 2.15. The van der Waals surface area contributed by atoms with Gasteiger partial charge in [0.05, 0.1) is 26.9 Å². The third-order valence-electron chi connectivity index (χ3n) is 7.05. The summed E-state index contributed by atoms with van der Waals surface area (Å²) in [6.07, 6.45) is 25.9. The molecule has 250 valence electrons. The van der Waals surface area contributed by atoms with Crippen LogP contribution < -0.4 is 0 Å². The normalized spacial score (nSPS) is 13.3. The van der Waals surface area contributed by atoms with E-state index < -0.39 is 16.2 Å². The van der Waals surface area contributed by atoms with E-state index in [4.69, 9.17) is 14.0 Å². The maximum Gasteiger partial charge on any atom is 0.397 e. The predicted octanol–water partition coefficient (Wildman–Crippen LogP) is 6.91. The Morgan fingerprint density at radius 2 is 1.05 bits per heavy atom. The molecule has 0 bridgehead atoms. The SMILES string of the molecule is CCCCCCCCCCCCOCC(O)(CN(C)CCO)OCCCCCCCCCCCC.COS(=O)(=O)O. The van der Waals surface area contributed by atoms with Crippen LogP contribution in [0.3, 0.4) is 0 Å². The summed E-state index contributed by atoms with van der Waals surface area (Å²) >= 11 is 0. The number of likely N-dealkylation sites (N-methyl/N-ethyl adjacent to an activating group) is 1. The molecule has 0 amide bonds. The van der Waals surface area contributed by atoms with Crippen molar-refractivity contribution in [3.8, 4) is 0 Å². The molecular weight excluding hydrogens is 546 g/mol. The molecule has 0 aliphatic carbocycles. The van der Waals surface area contributed by atoms with Gasteiger partial charge in [-0.05, 0) is 19.9 Å². The standard InChI is InChI=1S/C30H63NO4.CH4O4S/c1-4-6-8-10-12-14-16-18-20-22-26-34-29-30(33,28-31(3)24-25-32)35-27-23-21-19-17-15-13-11-9-7-5-2;1-5-6(2,3)4/h32-33H,4-29H2,1-3H3;1H3,(H,2,3,4). The van der Waals surface area contributed by atoms with Gasteiger partial charge in [-0.1, -0.05) is 129 Å². The van der Waals surface area contributed by atoms with Gasteiger partial charge in [-0.15, -0.1) is 0 Å². The van der Waals surface area contributed by atoms with Crippen LogP contribution in [0.5, 0.6) is 0 Å². The quantitative estimate of drug-likeness (QED) is 0.0450. The lowest BCUT2D eigenvalue weighted by Gasteiger charge is -2.32. The van der Waals surface area contributed by atoms with Crippen LogP contribution in [0.2, 0.25) is 0 Å². The highest BCUT2D eigenvalue weighted by Gasteiger charge is 2.30. The molecule has 3 N–H and O–H groups in total. The average Bonchev–Trinajstić information content (AvgIpc) is 2.92. The number of nitrogens with zero attached hydrogens (tertiary/aromatic N) is 1. The van der Waals surface area contributed by atoms with Crippen molar-refractivity contribution in [3.63, 3.8) is 0 Å². The summed E-state index contributed by atoms with van der Waals surface area (Å²) in [5.74, 6) is -1.30. The van der Waals surface area contributed by atoms with Gasteiger partial charge in [-0.3, -0.25) is 13.6 Å². The molecule has 0 heterocycles. The van der Waals surface area contributed by atoms with E-state index >= 15 is 0 Å². The smallest absolute Gasteiger partial charge is 0.395 e. The molecule has 1 unspecified atom stereocenters. The summed E-state index contributed by atoms with van der Waals surface area (Å²) in [6, 6.07) is 0. The highest BCUT2D eigenvalue weighted by molar-refractivity contribution is 7.80. The third-order valence-corrected chi connectivity index (χ3v) is 7.47. The second kappa shape index (κ2) is 31.1. The van der Waals surface area contributed by atoms with Crippen molar-refractivity contribution in [2.45, 2.75) is 148 Å². The fourth-order valence-electron chi connectivity index (χ4n) is 4.58. The van der Waals surface area contributed by atoms with Gasteiger partial charge in [0.1, 0.15) is 6.61 Å². The number of aliphatic hydroxyl groups excluding tert-OH is 1. The van der Waals surface area contributed by atoms with Crippen LogP contribution in [0.1, 0.15) is 142 Å². The molecule has 10 heteroatoms. The van der Waals surface area contributed by atoms with Gasteiger partial charge in [-0.2, -0.15) is 8.42 Å². The first kappa shape index (κ1) is 42.8. The van der Waals surface area contributed by atoms with Crippen LogP contribution >= 0.6 is 0 Å². The first-order chi connectivity index (χ1) is 19.6. The molecule has 0 fully saturated rings. The van der Waals surface area contributed by atoms with Gasteiger partial charge >= 0.3 is 10.4 Å². The summed E-state index contributed by atoms with van der Waals surface area (Å²) in [4.78, 5) is 1.91. The lowest BCUT2D eigenvalue weighted by Crippen LogP contribution is -2.48. The summed E-state index contributed by atoms with van der Waals surface area (Å²) in [7, 11) is -1.40. The van der Waals surface area contributed by atoms with Crippen molar-refractivity contribution in [1.82, 2.24) is 4.90 Å². The third kappa shape index (κ3) is 35.8. The molecule has 0 aromatic rings. The van der Waals surface area contributed by atoms with Crippen molar-refractivity contribution >= 4 is 10.4 Å². The van der Waals surface area contributed by atoms with Crippen LogP contribution in [-0.2, 0) is 24.1 Å². The Kier molecular flexibility index (Phi) is 32.5. The first-order valence-corrected chi connectivity index (χ1v) is 17.8. The minimum absolute atomic E-state index is 0.0739. The Bertz CT molecular complexity index is 623. The van der Waals surface area contributed by atoms with Crippen LogP contribution in [0.25, 0.3) is 0 Å². The van der Waals surface area contributed by atoms with E-state index in [1.54, 1.807) is 0 Å². The summed E-state index contributed by atoms with van der Waals surface area (Å²) in [5, 5.41) is 20.2. The second-order valence-corrected chi connectivity index (χ2v) is 12.5. The Balaban J connectivity index is 0. The van der Waals surface area contributed by atoms with E-state index in [0.29, 0.717) is 26.3 Å². The second-order valence-electron chi connectivity index (χ2n) is 11.3. The largest absolute Gasteiger partial charge is 0.397 e. The topological polar surface area (TPSA) is 126 Å². The van der Waals surface area contributed by atoms with E-state index in [0.717, 1.165) is 26.4 Å². The summed E-state index contributed by atoms with van der Waals surface area (Å²) in [6.45, 7) is 6.89. The monoisotopic (exact) mass is 613 g/mol. The summed E-state index contributed by atoms with van der Waals surface area (Å²) in [5.41, 5.74) is 0. The Hall–Kier alpha value is -0.330. The minimum Gasteiger partial charge on any atom is -0.395 e. The maximum absolute atomic E-state index is 11.0. The molecular formula is C31H67NO8S. The fourth-order valence-corrected chi connectivity index (χ4v) is 4.58. The summed E-state index contributed by atoms with van der Waals surface area (Å²) < 4.78 is 41.5. The number of ether oxygens (including phenoxy) is 2. The van der Waals surface area contributed by atoms with E-state index in [1.807, 2.05) is 11.9 Å². The van der Waals surface area contributed by atoms with E-state index in [-0.39, 0.29) is 13.2 Å². The molecule has 9 nitrogen and oxygen atoms in total. The molecule has 0 saturated carbocycles. The highest BCUT2D eigenvalue weighted by atomic mass is 32.3. The lowest BCUT2D eigenvalue weighted by molar-refractivity contribution is -0.240. The molecule has 0 radical (unpaired) electrons. The van der Waals surface area contributed by atoms with Crippen molar-refractivity contribution in [3.05, 3.63) is 0 Å². The Morgan fingerprint density at radius 1 is 0.683 bits per heavy atom. The molecule has 41 heavy (non-hydrogen) atoms. The van der Waals surface area contributed by atoms with Crippen molar-refractivity contribution in [2.24, 2.45) is 0 Å². The Labute approximate surface area is 253 Å². The van der Waals surface area contributed by atoms with Gasteiger partial charge in [0, 0.05) is 13.2 Å². The van der Waals surface area contributed by atoms with E-state index in [9.17, 15) is 18.6 Å². The van der Waals surface area contributed by atoms with Crippen LogP contribution in [0.15, 0.2) is 0 Å². The van der Waals surface area contributed by atoms with Gasteiger partial charge in [0.2, 0.25) is 5.79 Å². The molecule has 0 saturated heterocycles. The number of hydrogen-bond acceptors (Lipinski definition) is 8. The molecule has 0 aromatic carbocycles. The Morgan fingerprint density at radius 3 is 1.41 bits per heavy atom. The minimum atomic E-state index is -4.16. The number of rotatable bonds is 30. The van der Waals surface area contributed by atoms with Crippen molar-refractivity contribution in [2.75, 3.05) is 53.7 Å². The zero-order valence-electron chi connectivity index (χ0n) is 27.1. The molecule has 1 atom stereocenters. The van der Waals surface area contributed by atoms with Crippen LogP contribution in [-0.4, -0.2) is 87.5 Å². The zero-order valence-corrected chi connectivity index (χ0v) is 27.9. The van der Waals surface area contributed by atoms with Crippen LogP contribution in [0, 0.1) is 0 Å². The van der Waals surface area contributed by atoms with Crippen LogP contribution in [0.4, 0.5) is 0 Å². The van der Waals surface area contributed by atoms with Gasteiger partial charge in [-0.25, -0.2) is 0 Å². The molecule has 0 spiro atoms. The molecule has 0 aromatic heterocycles. The van der Waals surface area contributed by atoms with Crippen molar-refractivity contribution in [1.29, 1.82) is 0 Å². The van der Waals surface area contributed by atoms with E-state index in [1.165, 1.54) is 109 Å². The van der Waals surface area contributed by atoms with E-state index in [2.05, 4.69) is 18.0 Å². The molecule has 0 aliphatic rings. The van der Waals surface area contributed by atoms with Crippen molar-refractivity contribution < 1.29 is 36.8 Å². The zero-order chi connectivity index (χ0) is 31.1. The predicted molar refractivity (Wildman–Crippen MR) is 169 cm³/mol. The first-order valence-electron chi connectivity index (χ1n) is 16.4. The van der Waals surface area contributed by atoms with Gasteiger partial charge in [0.25, 0.3) is 0 Å². The average molecular weight is 614 g/mol. The van der Waals surface area contributed by atoms with Gasteiger partial charge < -0.3 is 19.7 Å². The number of unbranched alkanes of at least 4 members (excludes halogenated alkanes) is 18. The number of aliphatic hydroxyl groups is 2. The van der Waals surface area contributed by atoms with Gasteiger partial charge in [0.15, 0.2) is 0 Å². The molecule has 0 rings (SSSR count). The maximum atomic E-state index is 11.0.